The van der Waals surface area contributed by atoms with Crippen molar-refractivity contribution >= 4 is 33.4 Å². The lowest BCUT2D eigenvalue weighted by Gasteiger charge is -2.39. The Kier molecular flexibility index (Phi) is 3.38. The van der Waals surface area contributed by atoms with Crippen LogP contribution in [0.25, 0.3) is 21.9 Å². The van der Waals surface area contributed by atoms with Crippen molar-refractivity contribution in [3.05, 3.63) is 71.1 Å². The summed E-state index contributed by atoms with van der Waals surface area (Å²) in [6, 6.07) is 8.82. The lowest BCUT2D eigenvalue weighted by atomic mass is 9.68. The molecular weight excluding hydrogens is 379 g/mol. The Bertz CT molecular complexity index is 1390. The van der Waals surface area contributed by atoms with Gasteiger partial charge in [-0.15, -0.1) is 0 Å². The summed E-state index contributed by atoms with van der Waals surface area (Å²) in [6.45, 7) is 4.26. The number of imidazole rings is 1. The first kappa shape index (κ1) is 17.4. The summed E-state index contributed by atoms with van der Waals surface area (Å²) in [7, 11) is 0. The molecule has 2 aromatic carbocycles. The second-order valence-electron chi connectivity index (χ2n) is 9.15. The lowest BCUT2D eigenvalue weighted by molar-refractivity contribution is -0.118. The van der Waals surface area contributed by atoms with Crippen LogP contribution in [0.15, 0.2) is 54.1 Å². The molecule has 2 aromatic heterocycles. The average Bonchev–Trinajstić information content (AvgIpc) is 3.31. The van der Waals surface area contributed by atoms with Crippen molar-refractivity contribution in [2.75, 3.05) is 5.32 Å². The molecule has 0 fully saturated rings. The highest BCUT2D eigenvalue weighted by molar-refractivity contribution is 6.04. The molecule has 2 aliphatic rings. The number of H-pyrrole nitrogens is 2. The van der Waals surface area contributed by atoms with Crippen LogP contribution in [0, 0.1) is 11.2 Å². The highest BCUT2D eigenvalue weighted by atomic mass is 19.1. The summed E-state index contributed by atoms with van der Waals surface area (Å²) in [4.78, 5) is 24.4. The van der Waals surface area contributed by atoms with Gasteiger partial charge in [0, 0.05) is 52.0 Å². The Morgan fingerprint density at radius 3 is 2.83 bits per heavy atom. The van der Waals surface area contributed by atoms with Crippen LogP contribution in [0.2, 0.25) is 0 Å². The molecule has 0 spiro atoms. The fourth-order valence-electron chi connectivity index (χ4n) is 5.19. The number of hydrogen-bond acceptors (Lipinski definition) is 3. The summed E-state index contributed by atoms with van der Waals surface area (Å²) in [5.74, 6) is -0.383. The van der Waals surface area contributed by atoms with Crippen LogP contribution in [0.5, 0.6) is 0 Å². The van der Waals surface area contributed by atoms with E-state index in [-0.39, 0.29) is 22.9 Å². The molecule has 5 nitrogen and oxygen atoms in total. The van der Waals surface area contributed by atoms with Crippen molar-refractivity contribution < 1.29 is 9.18 Å². The molecule has 0 saturated carbocycles. The second-order valence-corrected chi connectivity index (χ2v) is 9.15. The normalized spacial score (nSPS) is 20.4. The molecule has 4 aromatic rings. The summed E-state index contributed by atoms with van der Waals surface area (Å²) >= 11 is 0. The smallest absolute Gasteiger partial charge is 0.162 e. The number of halogens is 1. The van der Waals surface area contributed by atoms with Gasteiger partial charge in [0.15, 0.2) is 5.78 Å². The predicted octanol–water partition coefficient (Wildman–Crippen LogP) is 5.38. The van der Waals surface area contributed by atoms with Crippen molar-refractivity contribution in [3.63, 3.8) is 0 Å². The van der Waals surface area contributed by atoms with Gasteiger partial charge in [0.25, 0.3) is 0 Å². The van der Waals surface area contributed by atoms with Crippen molar-refractivity contribution in [1.82, 2.24) is 15.0 Å². The van der Waals surface area contributed by atoms with E-state index in [1.54, 1.807) is 12.4 Å². The Hall–Kier alpha value is -3.41. The number of aromatic amines is 2. The van der Waals surface area contributed by atoms with E-state index in [9.17, 15) is 9.18 Å². The van der Waals surface area contributed by atoms with Crippen LogP contribution < -0.4 is 5.32 Å². The standard InChI is InChI=1S/C24H21FN4O/c1-24(2)8-18-21(19(30)9-24)20(14-10-26-17-7-12(25)3-4-13(14)17)22-15(29-18)5-6-16-23(22)28-11-27-16/h3-7,10-11,20,26,29H,8-9H2,1-2H3,(H,27,28). The molecule has 30 heavy (non-hydrogen) atoms. The van der Waals surface area contributed by atoms with Crippen molar-refractivity contribution in [1.29, 1.82) is 0 Å². The molecule has 0 radical (unpaired) electrons. The van der Waals surface area contributed by atoms with Crippen LogP contribution in [0.4, 0.5) is 10.1 Å². The number of anilines is 1. The highest BCUT2D eigenvalue weighted by Gasteiger charge is 2.42. The second kappa shape index (κ2) is 5.81. The number of Topliss-reactive ketones (excluding diaryl/α,β-unsaturated/α-hetero) is 1. The molecule has 3 N–H and O–H groups in total. The third-order valence-corrected chi connectivity index (χ3v) is 6.40. The van der Waals surface area contributed by atoms with Gasteiger partial charge < -0.3 is 15.3 Å². The number of fused-ring (bicyclic) bond motifs is 4. The zero-order chi connectivity index (χ0) is 20.6. The van der Waals surface area contributed by atoms with Gasteiger partial charge in [-0.25, -0.2) is 9.37 Å². The SMILES string of the molecule is CC1(C)CC(=O)C2=C(C1)Nc1ccc3[nH]cnc3c1C2c1c[nH]c2cc(F)ccc12. The summed E-state index contributed by atoms with van der Waals surface area (Å²) in [6.07, 6.45) is 4.90. The van der Waals surface area contributed by atoms with Gasteiger partial charge in [0.2, 0.25) is 0 Å². The van der Waals surface area contributed by atoms with Crippen LogP contribution in [-0.2, 0) is 4.79 Å². The van der Waals surface area contributed by atoms with Gasteiger partial charge >= 0.3 is 0 Å². The van der Waals surface area contributed by atoms with Crippen LogP contribution in [0.3, 0.4) is 0 Å². The van der Waals surface area contributed by atoms with E-state index in [2.05, 4.69) is 34.1 Å². The first-order chi connectivity index (χ1) is 14.4. The lowest BCUT2D eigenvalue weighted by Crippen LogP contribution is -2.33. The van der Waals surface area contributed by atoms with Crippen LogP contribution in [0.1, 0.15) is 43.7 Å². The van der Waals surface area contributed by atoms with E-state index in [0.29, 0.717) is 6.42 Å². The van der Waals surface area contributed by atoms with Gasteiger partial charge in [-0.05, 0) is 47.7 Å². The zero-order valence-electron chi connectivity index (χ0n) is 16.8. The first-order valence-electron chi connectivity index (χ1n) is 10.2. The number of hydrogen-bond donors (Lipinski definition) is 3. The minimum Gasteiger partial charge on any atom is -0.361 e. The van der Waals surface area contributed by atoms with Crippen LogP contribution in [-0.4, -0.2) is 20.7 Å². The number of nitrogens with one attached hydrogen (secondary N) is 3. The van der Waals surface area contributed by atoms with Crippen LogP contribution >= 0.6 is 0 Å². The molecule has 3 heterocycles. The van der Waals surface area contributed by atoms with Crippen molar-refractivity contribution in [3.8, 4) is 0 Å². The third-order valence-electron chi connectivity index (χ3n) is 6.40. The fourth-order valence-corrected chi connectivity index (χ4v) is 5.19. The maximum Gasteiger partial charge on any atom is 0.162 e. The first-order valence-corrected chi connectivity index (χ1v) is 10.2. The van der Waals surface area contributed by atoms with Gasteiger partial charge in [0.1, 0.15) is 5.82 Å². The molecule has 0 amide bonds. The monoisotopic (exact) mass is 400 g/mol. The number of carbonyl (C=O) groups excluding carboxylic acids is 1. The molecule has 1 aliphatic carbocycles. The van der Waals surface area contributed by atoms with Gasteiger partial charge in [-0.1, -0.05) is 13.8 Å². The number of allylic oxidation sites excluding steroid dienone is 2. The minimum absolute atomic E-state index is 0.0925. The van der Waals surface area contributed by atoms with E-state index in [0.717, 1.165) is 56.4 Å². The molecule has 6 rings (SSSR count). The minimum atomic E-state index is -0.285. The number of aromatic nitrogens is 3. The Balaban J connectivity index is 1.68. The van der Waals surface area contributed by atoms with Gasteiger partial charge in [0.05, 0.1) is 17.4 Å². The van der Waals surface area contributed by atoms with Crippen molar-refractivity contribution in [2.45, 2.75) is 32.6 Å². The highest BCUT2D eigenvalue weighted by Crippen LogP contribution is 2.51. The quantitative estimate of drug-likeness (QED) is 0.401. The van der Waals surface area contributed by atoms with E-state index in [1.807, 2.05) is 18.3 Å². The molecule has 1 unspecified atom stereocenters. The summed E-state index contributed by atoms with van der Waals surface area (Å²) in [5, 5.41) is 4.47. The Labute approximate surface area is 172 Å². The summed E-state index contributed by atoms with van der Waals surface area (Å²) < 4.78 is 13.8. The maximum atomic E-state index is 13.8. The number of carbonyl (C=O) groups is 1. The number of benzene rings is 2. The van der Waals surface area contributed by atoms with Gasteiger partial charge in [-0.3, -0.25) is 4.79 Å². The number of rotatable bonds is 1. The average molecular weight is 400 g/mol. The Morgan fingerprint density at radius 2 is 1.97 bits per heavy atom. The zero-order valence-corrected chi connectivity index (χ0v) is 16.8. The third kappa shape index (κ3) is 2.39. The molecule has 0 saturated heterocycles. The Morgan fingerprint density at radius 1 is 1.10 bits per heavy atom. The molecule has 6 heteroatoms. The van der Waals surface area contributed by atoms with Crippen molar-refractivity contribution in [2.24, 2.45) is 5.41 Å². The van der Waals surface area contributed by atoms with E-state index < -0.39 is 0 Å². The molecule has 1 atom stereocenters. The number of ketones is 1. The van der Waals surface area contributed by atoms with E-state index in [1.165, 1.54) is 12.1 Å². The molecular formula is C24H21FN4O. The molecule has 150 valence electrons. The van der Waals surface area contributed by atoms with E-state index in [4.69, 9.17) is 0 Å². The van der Waals surface area contributed by atoms with E-state index >= 15 is 0 Å². The maximum absolute atomic E-state index is 13.8. The predicted molar refractivity (Wildman–Crippen MR) is 115 cm³/mol. The topological polar surface area (TPSA) is 73.6 Å². The number of nitrogens with zero attached hydrogens (tertiary/aromatic N) is 1. The summed E-state index contributed by atoms with van der Waals surface area (Å²) in [5.41, 5.74) is 7.15. The largest absolute Gasteiger partial charge is 0.361 e. The fraction of sp³-hybridized carbons (Fsp3) is 0.250. The molecule has 0 bridgehead atoms. The molecule has 1 aliphatic heterocycles. The van der Waals surface area contributed by atoms with Gasteiger partial charge in [-0.2, -0.15) is 0 Å².